The van der Waals surface area contributed by atoms with Crippen molar-refractivity contribution in [3.05, 3.63) is 69.2 Å². The molecule has 0 amide bonds. The van der Waals surface area contributed by atoms with Crippen LogP contribution in [0.3, 0.4) is 0 Å². The van der Waals surface area contributed by atoms with Crippen molar-refractivity contribution in [3.63, 3.8) is 0 Å². The van der Waals surface area contributed by atoms with E-state index in [0.29, 0.717) is 22.0 Å². The van der Waals surface area contributed by atoms with Crippen LogP contribution in [0.2, 0.25) is 10.0 Å². The molecule has 0 saturated heterocycles. The molecule has 22 heavy (non-hydrogen) atoms. The van der Waals surface area contributed by atoms with E-state index in [-0.39, 0.29) is 18.2 Å². The highest BCUT2D eigenvalue weighted by molar-refractivity contribution is 6.30. The van der Waals surface area contributed by atoms with Crippen LogP contribution in [0.15, 0.2) is 36.4 Å². The van der Waals surface area contributed by atoms with Gasteiger partial charge in [0.25, 0.3) is 0 Å². The van der Waals surface area contributed by atoms with Crippen molar-refractivity contribution < 1.29 is 13.9 Å². The molecule has 2 rings (SSSR count). The first-order valence-electron chi connectivity index (χ1n) is 6.96. The molecule has 1 nitrogen and oxygen atoms in total. The van der Waals surface area contributed by atoms with Crippen LogP contribution in [-0.4, -0.2) is 11.7 Å². The van der Waals surface area contributed by atoms with E-state index in [0.717, 1.165) is 18.4 Å². The number of hydrogen-bond acceptors (Lipinski definition) is 1. The minimum Gasteiger partial charge on any atom is -0.396 e. The topological polar surface area (TPSA) is 20.2 Å². The fourth-order valence-electron chi connectivity index (χ4n) is 1.84. The summed E-state index contributed by atoms with van der Waals surface area (Å²) in [6.07, 6.45) is 2.07. The summed E-state index contributed by atoms with van der Waals surface area (Å²) in [7, 11) is 0. The lowest BCUT2D eigenvalue weighted by Gasteiger charge is -1.99. The Labute approximate surface area is 139 Å². The normalized spacial score (nSPS) is 10.1. The van der Waals surface area contributed by atoms with Gasteiger partial charge in [0, 0.05) is 16.7 Å². The van der Waals surface area contributed by atoms with Crippen LogP contribution in [0.5, 0.6) is 0 Å². The molecule has 2 aromatic carbocycles. The van der Waals surface area contributed by atoms with Gasteiger partial charge in [-0.05, 0) is 48.2 Å². The molecule has 0 aliphatic heterocycles. The largest absolute Gasteiger partial charge is 0.396 e. The fourth-order valence-corrected chi connectivity index (χ4v) is 2.16. The van der Waals surface area contributed by atoms with Crippen molar-refractivity contribution in [2.75, 3.05) is 6.61 Å². The van der Waals surface area contributed by atoms with Gasteiger partial charge in [-0.1, -0.05) is 48.7 Å². The number of benzene rings is 2. The monoisotopic (exact) mass is 346 g/mol. The molecule has 0 unspecified atom stereocenters. The summed E-state index contributed by atoms with van der Waals surface area (Å²) in [6, 6.07) is 9.24. The Balaban J connectivity index is 0.000000220. The molecule has 0 saturated carbocycles. The third kappa shape index (κ3) is 6.30. The summed E-state index contributed by atoms with van der Waals surface area (Å²) in [6.45, 7) is 1.98. The van der Waals surface area contributed by atoms with E-state index in [9.17, 15) is 8.78 Å². The molecule has 120 valence electrons. The zero-order chi connectivity index (χ0) is 16.5. The van der Waals surface area contributed by atoms with Crippen LogP contribution in [-0.2, 0) is 12.8 Å². The Morgan fingerprint density at radius 1 is 0.864 bits per heavy atom. The van der Waals surface area contributed by atoms with Gasteiger partial charge in [-0.15, -0.1) is 0 Å². The Morgan fingerprint density at radius 2 is 1.32 bits per heavy atom. The van der Waals surface area contributed by atoms with Crippen molar-refractivity contribution in [1.29, 1.82) is 0 Å². The smallest absolute Gasteiger partial charge is 0.127 e. The van der Waals surface area contributed by atoms with Crippen LogP contribution in [0.1, 0.15) is 24.5 Å². The molecule has 0 aliphatic carbocycles. The van der Waals surface area contributed by atoms with Crippen LogP contribution >= 0.6 is 23.2 Å². The van der Waals surface area contributed by atoms with Gasteiger partial charge in [-0.25, -0.2) is 8.78 Å². The first-order chi connectivity index (χ1) is 10.5. The molecule has 2 aromatic rings. The van der Waals surface area contributed by atoms with Gasteiger partial charge in [0.05, 0.1) is 0 Å². The third-order valence-electron chi connectivity index (χ3n) is 2.93. The predicted octanol–water partition coefficient (Wildman–Crippen LogP) is 5.45. The van der Waals surface area contributed by atoms with Crippen LogP contribution in [0.4, 0.5) is 8.78 Å². The van der Waals surface area contributed by atoms with Crippen LogP contribution in [0.25, 0.3) is 0 Å². The molecular weight excluding hydrogens is 329 g/mol. The zero-order valence-corrected chi connectivity index (χ0v) is 13.8. The summed E-state index contributed by atoms with van der Waals surface area (Å²) in [5, 5.41) is 9.35. The summed E-state index contributed by atoms with van der Waals surface area (Å²) in [5.74, 6) is -0.550. The lowest BCUT2D eigenvalue weighted by molar-refractivity contribution is 0.297. The van der Waals surface area contributed by atoms with E-state index in [4.69, 9.17) is 28.3 Å². The molecule has 0 heterocycles. The number of aliphatic hydroxyl groups excluding tert-OH is 1. The second-order valence-corrected chi connectivity index (χ2v) is 5.57. The zero-order valence-electron chi connectivity index (χ0n) is 12.3. The first kappa shape index (κ1) is 18.9. The van der Waals surface area contributed by atoms with Gasteiger partial charge >= 0.3 is 0 Å². The quantitative estimate of drug-likeness (QED) is 0.780. The van der Waals surface area contributed by atoms with E-state index in [1.54, 1.807) is 24.3 Å². The molecule has 5 heteroatoms. The van der Waals surface area contributed by atoms with E-state index in [1.165, 1.54) is 12.1 Å². The summed E-state index contributed by atoms with van der Waals surface area (Å²) >= 11 is 11.1. The minimum atomic E-state index is -0.355. The highest BCUT2D eigenvalue weighted by atomic mass is 35.5. The number of aryl methyl sites for hydroxylation is 1. The average Bonchev–Trinajstić information content (AvgIpc) is 2.46. The SMILES string of the molecule is CCCc1ccc(Cl)cc1F.OCCc1ccc(Cl)cc1F. The standard InChI is InChI=1S/C9H10ClF.C8H8ClFO/c1-2-3-7-4-5-8(10)6-9(7)11;9-7-2-1-6(3-4-11)8(10)5-7/h4-6H,2-3H2,1H3;1-2,5,11H,3-4H2. The van der Waals surface area contributed by atoms with E-state index >= 15 is 0 Å². The molecule has 0 aromatic heterocycles. The number of rotatable bonds is 4. The molecule has 0 aliphatic rings. The molecule has 0 fully saturated rings. The van der Waals surface area contributed by atoms with E-state index < -0.39 is 0 Å². The second-order valence-electron chi connectivity index (χ2n) is 4.70. The lowest BCUT2D eigenvalue weighted by atomic mass is 10.1. The van der Waals surface area contributed by atoms with E-state index in [2.05, 4.69) is 0 Å². The lowest BCUT2D eigenvalue weighted by Crippen LogP contribution is -1.93. The predicted molar refractivity (Wildman–Crippen MR) is 87.6 cm³/mol. The maximum Gasteiger partial charge on any atom is 0.127 e. The average molecular weight is 347 g/mol. The summed E-state index contributed by atoms with van der Waals surface area (Å²) < 4.78 is 25.8. The van der Waals surface area contributed by atoms with Crippen molar-refractivity contribution in [1.82, 2.24) is 0 Å². The molecular formula is C17H18Cl2F2O. The molecule has 1 N–H and O–H groups in total. The molecule has 0 bridgehead atoms. The second kappa shape index (κ2) is 9.78. The van der Waals surface area contributed by atoms with E-state index in [1.807, 2.05) is 6.92 Å². The van der Waals surface area contributed by atoms with Crippen molar-refractivity contribution in [3.8, 4) is 0 Å². The third-order valence-corrected chi connectivity index (χ3v) is 3.40. The number of halogens is 4. The van der Waals surface area contributed by atoms with Crippen molar-refractivity contribution in [2.24, 2.45) is 0 Å². The van der Waals surface area contributed by atoms with Gasteiger partial charge in [-0.2, -0.15) is 0 Å². The Bertz CT molecular complexity index is 550. The van der Waals surface area contributed by atoms with Gasteiger partial charge in [-0.3, -0.25) is 0 Å². The molecule has 0 atom stereocenters. The summed E-state index contributed by atoms with van der Waals surface area (Å²) in [5.41, 5.74) is 1.24. The first-order valence-corrected chi connectivity index (χ1v) is 7.72. The molecule has 0 spiro atoms. The van der Waals surface area contributed by atoms with Gasteiger partial charge < -0.3 is 5.11 Å². The highest BCUT2D eigenvalue weighted by Gasteiger charge is 2.01. The fraction of sp³-hybridized carbons (Fsp3) is 0.294. The Morgan fingerprint density at radius 3 is 1.68 bits per heavy atom. The minimum absolute atomic E-state index is 0.0431. The van der Waals surface area contributed by atoms with Crippen LogP contribution in [0, 0.1) is 11.6 Å². The Hall–Kier alpha value is -1.16. The maximum absolute atomic E-state index is 13.0. The van der Waals surface area contributed by atoms with Gasteiger partial charge in [0.1, 0.15) is 11.6 Å². The highest BCUT2D eigenvalue weighted by Crippen LogP contribution is 2.16. The van der Waals surface area contributed by atoms with Gasteiger partial charge in [0.15, 0.2) is 0 Å². The van der Waals surface area contributed by atoms with Crippen LogP contribution < -0.4 is 0 Å². The maximum atomic E-state index is 13.0. The molecule has 0 radical (unpaired) electrons. The van der Waals surface area contributed by atoms with Crippen molar-refractivity contribution in [2.45, 2.75) is 26.2 Å². The van der Waals surface area contributed by atoms with Crippen molar-refractivity contribution >= 4 is 23.2 Å². The summed E-state index contributed by atoms with van der Waals surface area (Å²) in [4.78, 5) is 0. The number of aliphatic hydroxyl groups is 1. The number of hydrogen-bond donors (Lipinski definition) is 1. The van der Waals surface area contributed by atoms with Gasteiger partial charge in [0.2, 0.25) is 0 Å². The Kier molecular flexibility index (Phi) is 8.39.